The molecule has 30 heavy (non-hydrogen) atoms. The Morgan fingerprint density at radius 1 is 1.10 bits per heavy atom. The Balaban J connectivity index is 2.18. The number of nitrogens with zero attached hydrogens (tertiary/aromatic N) is 3. The third-order valence-corrected chi connectivity index (χ3v) is 7.50. The molecule has 7 nitrogen and oxygen atoms in total. The number of hydrogen-bond donors (Lipinski definition) is 0. The molecule has 0 bridgehead atoms. The number of carbonyl (C=O) groups excluding carboxylic acids is 2. The zero-order valence-corrected chi connectivity index (χ0v) is 19.8. The second-order valence-corrected chi connectivity index (χ2v) is 10.4. The maximum Gasteiger partial charge on any atom is 0.243 e. The Bertz CT molecular complexity index is 846. The van der Waals surface area contributed by atoms with Gasteiger partial charge in [0.05, 0.1) is 10.8 Å². The number of benzene rings is 1. The lowest BCUT2D eigenvalue weighted by molar-refractivity contribution is -0.138. The van der Waals surface area contributed by atoms with Gasteiger partial charge in [-0.25, -0.2) is 8.42 Å². The van der Waals surface area contributed by atoms with E-state index in [2.05, 4.69) is 13.8 Å². The van der Waals surface area contributed by atoms with E-state index in [1.54, 1.807) is 30.9 Å². The highest BCUT2D eigenvalue weighted by Gasteiger charge is 2.38. The van der Waals surface area contributed by atoms with Crippen LogP contribution in [0.5, 0.6) is 0 Å². The Morgan fingerprint density at radius 2 is 1.67 bits per heavy atom. The first-order chi connectivity index (χ1) is 14.0. The average molecular weight is 438 g/mol. The van der Waals surface area contributed by atoms with Crippen molar-refractivity contribution in [2.24, 2.45) is 11.8 Å². The number of anilines is 1. The molecule has 0 spiro atoms. The van der Waals surface area contributed by atoms with Gasteiger partial charge in [0.15, 0.2) is 0 Å². The van der Waals surface area contributed by atoms with Crippen molar-refractivity contribution in [1.29, 1.82) is 0 Å². The van der Waals surface area contributed by atoms with Gasteiger partial charge in [0.1, 0.15) is 0 Å². The molecule has 0 aromatic heterocycles. The monoisotopic (exact) mass is 437 g/mol. The number of carbonyl (C=O) groups is 2. The number of rotatable bonds is 9. The second kappa shape index (κ2) is 9.92. The van der Waals surface area contributed by atoms with Gasteiger partial charge in [-0.1, -0.05) is 27.7 Å². The topological polar surface area (TPSA) is 78.0 Å². The van der Waals surface area contributed by atoms with Crippen LogP contribution in [0.2, 0.25) is 0 Å². The summed E-state index contributed by atoms with van der Waals surface area (Å²) >= 11 is 0. The SMILES string of the molecule is CCN(CC)S(=O)(=O)c1ccc(N2CC(C(=O)N(CC(C)C)C(C)C)CC2=O)cc1. The minimum Gasteiger partial charge on any atom is -0.340 e. The zero-order chi connectivity index (χ0) is 22.6. The Labute approximate surface area is 181 Å². The van der Waals surface area contributed by atoms with E-state index in [-0.39, 0.29) is 35.1 Å². The molecule has 0 radical (unpaired) electrons. The molecule has 1 aromatic rings. The molecule has 168 valence electrons. The van der Waals surface area contributed by atoms with E-state index < -0.39 is 10.0 Å². The first-order valence-corrected chi connectivity index (χ1v) is 12.2. The molecule has 1 fully saturated rings. The highest BCUT2D eigenvalue weighted by molar-refractivity contribution is 7.89. The van der Waals surface area contributed by atoms with Crippen LogP contribution >= 0.6 is 0 Å². The summed E-state index contributed by atoms with van der Waals surface area (Å²) in [4.78, 5) is 29.3. The molecule has 1 heterocycles. The van der Waals surface area contributed by atoms with Crippen LogP contribution in [0, 0.1) is 11.8 Å². The fourth-order valence-electron chi connectivity index (χ4n) is 3.82. The summed E-state index contributed by atoms with van der Waals surface area (Å²) in [7, 11) is -3.54. The van der Waals surface area contributed by atoms with E-state index >= 15 is 0 Å². The molecule has 0 aliphatic carbocycles. The predicted molar refractivity (Wildman–Crippen MR) is 119 cm³/mol. The Kier molecular flexibility index (Phi) is 8.05. The molecule has 2 rings (SSSR count). The molecular weight excluding hydrogens is 402 g/mol. The highest BCUT2D eigenvalue weighted by atomic mass is 32.2. The Morgan fingerprint density at radius 3 is 2.13 bits per heavy atom. The molecule has 1 unspecified atom stereocenters. The summed E-state index contributed by atoms with van der Waals surface area (Å²) in [6, 6.07) is 6.44. The van der Waals surface area contributed by atoms with Gasteiger partial charge < -0.3 is 9.80 Å². The second-order valence-electron chi connectivity index (χ2n) is 8.47. The van der Waals surface area contributed by atoms with Gasteiger partial charge in [-0.05, 0) is 44.0 Å². The summed E-state index contributed by atoms with van der Waals surface area (Å²) in [6.07, 6.45) is 0.180. The lowest BCUT2D eigenvalue weighted by Gasteiger charge is -2.30. The summed E-state index contributed by atoms with van der Waals surface area (Å²) in [5.41, 5.74) is 0.619. The molecule has 1 atom stereocenters. The predicted octanol–water partition coefficient (Wildman–Crippen LogP) is 2.96. The van der Waals surface area contributed by atoms with Crippen molar-refractivity contribution in [2.45, 2.75) is 58.9 Å². The fourth-order valence-corrected chi connectivity index (χ4v) is 5.27. The van der Waals surface area contributed by atoms with Gasteiger partial charge in [-0.3, -0.25) is 9.59 Å². The smallest absolute Gasteiger partial charge is 0.243 e. The first-order valence-electron chi connectivity index (χ1n) is 10.7. The third kappa shape index (κ3) is 5.21. The van der Waals surface area contributed by atoms with Crippen LogP contribution in [0.3, 0.4) is 0 Å². The van der Waals surface area contributed by atoms with Crippen molar-refractivity contribution in [2.75, 3.05) is 31.1 Å². The van der Waals surface area contributed by atoms with Crippen LogP contribution in [0.4, 0.5) is 5.69 Å². The summed E-state index contributed by atoms with van der Waals surface area (Å²) < 4.78 is 26.7. The lowest BCUT2D eigenvalue weighted by Crippen LogP contribution is -2.43. The van der Waals surface area contributed by atoms with Gasteiger partial charge >= 0.3 is 0 Å². The first kappa shape index (κ1) is 24.3. The van der Waals surface area contributed by atoms with Crippen LogP contribution < -0.4 is 4.90 Å². The summed E-state index contributed by atoms with van der Waals surface area (Å²) in [5.74, 6) is -0.126. The lowest BCUT2D eigenvalue weighted by atomic mass is 10.0. The highest BCUT2D eigenvalue weighted by Crippen LogP contribution is 2.28. The molecule has 8 heteroatoms. The molecule has 1 aromatic carbocycles. The maximum absolute atomic E-state index is 13.0. The van der Waals surface area contributed by atoms with Crippen LogP contribution in [0.25, 0.3) is 0 Å². The van der Waals surface area contributed by atoms with Gasteiger partial charge in [-0.15, -0.1) is 0 Å². The summed E-state index contributed by atoms with van der Waals surface area (Å²) in [6.45, 7) is 13.5. The molecule has 0 N–H and O–H groups in total. The van der Waals surface area contributed by atoms with Crippen LogP contribution in [0.15, 0.2) is 29.2 Å². The van der Waals surface area contributed by atoms with E-state index in [1.807, 2.05) is 18.7 Å². The molecule has 2 amide bonds. The Hall–Kier alpha value is -1.93. The van der Waals surface area contributed by atoms with E-state index in [1.165, 1.54) is 16.4 Å². The quantitative estimate of drug-likeness (QED) is 0.595. The van der Waals surface area contributed by atoms with Gasteiger partial charge in [0.25, 0.3) is 0 Å². The summed E-state index contributed by atoms with van der Waals surface area (Å²) in [5, 5.41) is 0. The number of sulfonamides is 1. The average Bonchev–Trinajstić information content (AvgIpc) is 3.07. The maximum atomic E-state index is 13.0. The van der Waals surface area contributed by atoms with Crippen LogP contribution in [-0.2, 0) is 19.6 Å². The number of hydrogen-bond acceptors (Lipinski definition) is 4. The van der Waals surface area contributed by atoms with Crippen molar-refractivity contribution < 1.29 is 18.0 Å². The molecule has 0 saturated carbocycles. The van der Waals surface area contributed by atoms with E-state index in [9.17, 15) is 18.0 Å². The minimum atomic E-state index is -3.54. The van der Waals surface area contributed by atoms with Crippen molar-refractivity contribution in [3.8, 4) is 0 Å². The fraction of sp³-hybridized carbons (Fsp3) is 0.636. The van der Waals surface area contributed by atoms with E-state index in [0.29, 0.717) is 37.8 Å². The zero-order valence-electron chi connectivity index (χ0n) is 19.0. The third-order valence-electron chi connectivity index (χ3n) is 5.43. The van der Waals surface area contributed by atoms with Crippen molar-refractivity contribution >= 4 is 27.5 Å². The van der Waals surface area contributed by atoms with E-state index in [0.717, 1.165) is 0 Å². The van der Waals surface area contributed by atoms with Gasteiger partial charge in [0.2, 0.25) is 21.8 Å². The van der Waals surface area contributed by atoms with E-state index in [4.69, 9.17) is 0 Å². The van der Waals surface area contributed by atoms with Crippen LogP contribution in [-0.4, -0.2) is 61.7 Å². The standard InChI is InChI=1S/C22H35N3O4S/c1-7-23(8-2)30(28,29)20-11-9-19(10-12-20)25-15-18(13-21(25)26)22(27)24(17(5)6)14-16(3)4/h9-12,16-18H,7-8,13-15H2,1-6H3. The largest absolute Gasteiger partial charge is 0.340 e. The molecular formula is C22H35N3O4S. The van der Waals surface area contributed by atoms with Crippen molar-refractivity contribution in [1.82, 2.24) is 9.21 Å². The molecule has 1 aliphatic heterocycles. The van der Waals surface area contributed by atoms with Crippen molar-refractivity contribution in [3.63, 3.8) is 0 Å². The van der Waals surface area contributed by atoms with Crippen LogP contribution in [0.1, 0.15) is 48.0 Å². The van der Waals surface area contributed by atoms with Gasteiger partial charge in [0, 0.05) is 44.3 Å². The molecule has 1 saturated heterocycles. The normalized spacial score (nSPS) is 17.4. The molecule has 1 aliphatic rings. The van der Waals surface area contributed by atoms with Crippen molar-refractivity contribution in [3.05, 3.63) is 24.3 Å². The number of amides is 2. The minimum absolute atomic E-state index is 0.00952. The van der Waals surface area contributed by atoms with Gasteiger partial charge in [-0.2, -0.15) is 4.31 Å².